The van der Waals surface area contributed by atoms with E-state index in [1.54, 1.807) is 48.7 Å². The van der Waals surface area contributed by atoms with E-state index in [0.717, 1.165) is 0 Å². The Morgan fingerprint density at radius 2 is 1.83 bits per heavy atom. The molecule has 0 unspecified atom stereocenters. The van der Waals surface area contributed by atoms with Gasteiger partial charge in [0.25, 0.3) is 0 Å². The molecule has 0 bridgehead atoms. The third-order valence-corrected chi connectivity index (χ3v) is 10.9. The van der Waals surface area contributed by atoms with E-state index in [-0.39, 0.29) is 36.7 Å². The van der Waals surface area contributed by atoms with Crippen molar-refractivity contribution in [3.63, 3.8) is 0 Å². The molecule has 1 amide bonds. The molecule has 0 saturated carbocycles. The number of ether oxygens (including phenoxy) is 2. The number of furan rings is 1. The third kappa shape index (κ3) is 6.02. The number of nitrogens with zero attached hydrogens (tertiary/aromatic N) is 6. The molecule has 3 heterocycles. The minimum absolute atomic E-state index is 0.0339. The van der Waals surface area contributed by atoms with Crippen molar-refractivity contribution in [3.8, 4) is 34.8 Å². The Hall–Kier alpha value is -3.83. The summed E-state index contributed by atoms with van der Waals surface area (Å²) < 4.78 is 48.3. The number of methoxy groups -OCH3 is 2. The number of benzene rings is 1. The monoisotopic (exact) mass is 614 g/mol. The Morgan fingerprint density at radius 1 is 1.17 bits per heavy atom. The average Bonchev–Trinajstić information content (AvgIpc) is 3.66. The normalized spacial score (nSPS) is 19.1. The highest BCUT2D eigenvalue weighted by atomic mass is 32.2. The van der Waals surface area contributed by atoms with E-state index in [4.69, 9.17) is 13.9 Å². The molecule has 1 aromatic carbocycles. The van der Waals surface area contributed by atoms with E-state index in [1.165, 1.54) is 29.7 Å². The summed E-state index contributed by atoms with van der Waals surface area (Å²) in [5.41, 5.74) is -0.672. The number of para-hydroxylation sites is 1. The number of amides is 1. The number of rotatable bonds is 12. The Morgan fingerprint density at radius 3 is 2.38 bits per heavy atom. The van der Waals surface area contributed by atoms with Crippen molar-refractivity contribution in [1.82, 2.24) is 19.7 Å². The lowest BCUT2D eigenvalue weighted by Crippen LogP contribution is -2.47. The van der Waals surface area contributed by atoms with Crippen LogP contribution < -0.4 is 13.8 Å². The summed E-state index contributed by atoms with van der Waals surface area (Å²) in [5, 5.41) is 18.6. The highest BCUT2D eigenvalue weighted by Crippen LogP contribution is 2.39. The summed E-state index contributed by atoms with van der Waals surface area (Å²) in [6.45, 7) is 9.91. The average molecular weight is 615 g/mol. The van der Waals surface area contributed by atoms with Crippen LogP contribution in [0.2, 0.25) is 25.7 Å². The molecule has 226 valence electrons. The van der Waals surface area contributed by atoms with Crippen LogP contribution in [0.4, 0.5) is 5.95 Å². The number of nitriles is 1. The van der Waals surface area contributed by atoms with Crippen LogP contribution in [-0.2, 0) is 14.8 Å². The number of hydrogen-bond acceptors (Lipinski definition) is 9. The van der Waals surface area contributed by atoms with Gasteiger partial charge in [0.1, 0.15) is 22.7 Å². The predicted octanol–water partition coefficient (Wildman–Crippen LogP) is 4.17. The summed E-state index contributed by atoms with van der Waals surface area (Å²) in [5.74, 6) is 0.478. The van der Waals surface area contributed by atoms with Gasteiger partial charge >= 0.3 is 0 Å². The van der Waals surface area contributed by atoms with Gasteiger partial charge in [-0.15, -0.1) is 10.2 Å². The molecule has 0 N–H and O–H groups in total. The Labute approximate surface area is 247 Å². The third-order valence-electron chi connectivity index (χ3n) is 7.44. The SMILES string of the molecule is COc1cccc(OC)c1-n1c(-c2ccco2)nnc1N(CC[Si](C)(C)C)S(=O)(=O)CCN1C(=O)[C@@H](C)C[C@@]1(C)C#N. The summed E-state index contributed by atoms with van der Waals surface area (Å²) in [4.78, 5) is 14.3. The highest BCUT2D eigenvalue weighted by molar-refractivity contribution is 7.92. The smallest absolute Gasteiger partial charge is 0.246 e. The zero-order chi connectivity index (χ0) is 30.9. The van der Waals surface area contributed by atoms with Gasteiger partial charge in [-0.25, -0.2) is 12.7 Å². The molecule has 4 rings (SSSR count). The van der Waals surface area contributed by atoms with Crippen LogP contribution in [0.3, 0.4) is 0 Å². The fourth-order valence-corrected chi connectivity index (χ4v) is 7.57. The maximum atomic E-state index is 14.2. The second-order valence-corrected chi connectivity index (χ2v) is 19.5. The molecule has 42 heavy (non-hydrogen) atoms. The van der Waals surface area contributed by atoms with Crippen molar-refractivity contribution in [2.45, 2.75) is 51.5 Å². The van der Waals surface area contributed by atoms with Gasteiger partial charge < -0.3 is 18.8 Å². The van der Waals surface area contributed by atoms with Crippen molar-refractivity contribution in [2.75, 3.05) is 37.4 Å². The molecule has 0 spiro atoms. The van der Waals surface area contributed by atoms with Crippen LogP contribution >= 0.6 is 0 Å². The number of carbonyl (C=O) groups is 1. The largest absolute Gasteiger partial charge is 0.494 e. The zero-order valence-corrected chi connectivity index (χ0v) is 26.9. The molecule has 3 aromatic rings. The van der Waals surface area contributed by atoms with Gasteiger partial charge in [-0.05, 0) is 43.7 Å². The predicted molar refractivity (Wildman–Crippen MR) is 161 cm³/mol. The van der Waals surface area contributed by atoms with Crippen LogP contribution in [0.5, 0.6) is 11.5 Å². The minimum Gasteiger partial charge on any atom is -0.494 e. The van der Waals surface area contributed by atoms with Crippen LogP contribution in [0.15, 0.2) is 41.0 Å². The number of aromatic nitrogens is 3. The van der Waals surface area contributed by atoms with Gasteiger partial charge in [-0.1, -0.05) is 32.6 Å². The second-order valence-electron chi connectivity index (χ2n) is 11.8. The molecule has 0 radical (unpaired) electrons. The first-order valence-corrected chi connectivity index (χ1v) is 19.0. The second kappa shape index (κ2) is 11.8. The lowest BCUT2D eigenvalue weighted by atomic mass is 9.97. The molecule has 12 nitrogen and oxygen atoms in total. The Balaban J connectivity index is 1.87. The van der Waals surface area contributed by atoms with Crippen LogP contribution in [0.25, 0.3) is 17.3 Å². The summed E-state index contributed by atoms with van der Waals surface area (Å²) in [6.07, 6.45) is 1.84. The molecule has 0 aliphatic carbocycles. The number of hydrogen-bond donors (Lipinski definition) is 0. The van der Waals surface area contributed by atoms with Gasteiger partial charge in [-0.2, -0.15) is 5.26 Å². The van der Waals surface area contributed by atoms with Crippen LogP contribution in [-0.4, -0.2) is 80.7 Å². The molecule has 2 aromatic heterocycles. The molecule has 1 aliphatic heterocycles. The molecule has 1 aliphatic rings. The van der Waals surface area contributed by atoms with E-state index in [9.17, 15) is 18.5 Å². The lowest BCUT2D eigenvalue weighted by molar-refractivity contribution is -0.132. The lowest BCUT2D eigenvalue weighted by Gasteiger charge is -2.31. The van der Waals surface area contributed by atoms with E-state index >= 15 is 0 Å². The van der Waals surface area contributed by atoms with Crippen molar-refractivity contribution >= 4 is 30.0 Å². The number of anilines is 1. The van der Waals surface area contributed by atoms with Crippen LogP contribution in [0.1, 0.15) is 20.3 Å². The molecule has 1 saturated heterocycles. The summed E-state index contributed by atoms with van der Waals surface area (Å²) in [6, 6.07) is 11.5. The summed E-state index contributed by atoms with van der Waals surface area (Å²) in [7, 11) is -2.82. The van der Waals surface area contributed by atoms with Crippen molar-refractivity contribution in [1.29, 1.82) is 5.26 Å². The van der Waals surface area contributed by atoms with E-state index in [1.807, 2.05) is 0 Å². The van der Waals surface area contributed by atoms with Gasteiger partial charge in [0, 0.05) is 27.1 Å². The first kappa shape index (κ1) is 31.1. The number of sulfonamides is 1. The quantitative estimate of drug-likeness (QED) is 0.275. The number of likely N-dealkylation sites (tertiary alicyclic amines) is 1. The van der Waals surface area contributed by atoms with Crippen molar-refractivity contribution in [3.05, 3.63) is 36.6 Å². The first-order valence-electron chi connectivity index (χ1n) is 13.7. The van der Waals surface area contributed by atoms with Crippen molar-refractivity contribution in [2.24, 2.45) is 5.92 Å². The topological polar surface area (TPSA) is 144 Å². The number of carbonyl (C=O) groups excluding carboxylic acids is 1. The van der Waals surface area contributed by atoms with Gasteiger partial charge in [0.2, 0.25) is 27.7 Å². The van der Waals surface area contributed by atoms with E-state index in [0.29, 0.717) is 35.4 Å². The maximum Gasteiger partial charge on any atom is 0.246 e. The summed E-state index contributed by atoms with van der Waals surface area (Å²) >= 11 is 0. The Bertz CT molecular complexity index is 1550. The van der Waals surface area contributed by atoms with Gasteiger partial charge in [0.05, 0.1) is 32.3 Å². The van der Waals surface area contributed by atoms with Crippen molar-refractivity contribution < 1.29 is 27.1 Å². The Kier molecular flexibility index (Phi) is 8.75. The fourth-order valence-electron chi connectivity index (χ4n) is 5.14. The molecular weight excluding hydrogens is 576 g/mol. The van der Waals surface area contributed by atoms with Gasteiger partial charge in [-0.3, -0.25) is 9.36 Å². The molecule has 1 fully saturated rings. The fraction of sp³-hybridized carbons (Fsp3) is 0.500. The zero-order valence-electron chi connectivity index (χ0n) is 25.1. The van der Waals surface area contributed by atoms with E-state index < -0.39 is 29.4 Å². The first-order chi connectivity index (χ1) is 19.8. The molecule has 2 atom stereocenters. The van der Waals surface area contributed by atoms with E-state index in [2.05, 4.69) is 35.9 Å². The highest BCUT2D eigenvalue weighted by Gasteiger charge is 2.47. The standard InChI is InChI=1S/C28H38N6O6SSi/c1-20-18-28(2,19-29)32(26(20)35)13-16-41(36,37)33(14-17-42(5,6)7)27-31-30-25(23-12-9-15-40-23)34(27)24-21(38-3)10-8-11-22(24)39-4/h8-12,15,20H,13-14,16-18H2,1-7H3/t20-,28-/m0/s1. The molecule has 14 heteroatoms. The minimum atomic E-state index is -4.09. The van der Waals surface area contributed by atoms with Gasteiger partial charge in [0.15, 0.2) is 5.76 Å². The van der Waals surface area contributed by atoms with Crippen LogP contribution in [0, 0.1) is 17.2 Å². The molecular formula is C28H38N6O6SSi. The maximum absolute atomic E-state index is 14.2.